The minimum Gasteiger partial charge on any atom is -0.370 e. The lowest BCUT2D eigenvalue weighted by Gasteiger charge is -2.25. The fourth-order valence-electron chi connectivity index (χ4n) is 2.53. The van der Waals surface area contributed by atoms with Crippen LogP contribution in [0.4, 0.5) is 11.6 Å². The van der Waals surface area contributed by atoms with E-state index in [-0.39, 0.29) is 0 Å². The first-order chi connectivity index (χ1) is 8.24. The maximum absolute atomic E-state index is 4.57. The van der Waals surface area contributed by atoms with E-state index in [4.69, 9.17) is 0 Å². The van der Waals surface area contributed by atoms with Crippen molar-refractivity contribution in [2.75, 3.05) is 23.3 Å². The summed E-state index contributed by atoms with van der Waals surface area (Å²) in [6.45, 7) is 8.32. The zero-order valence-corrected chi connectivity index (χ0v) is 11.0. The number of aromatic nitrogens is 2. The molecule has 0 bridgehead atoms. The highest BCUT2D eigenvalue weighted by Gasteiger charge is 2.24. The monoisotopic (exact) mass is 234 g/mol. The summed E-state index contributed by atoms with van der Waals surface area (Å²) in [5, 5.41) is 3.27. The van der Waals surface area contributed by atoms with Crippen molar-refractivity contribution in [3.63, 3.8) is 0 Å². The first-order valence-electron chi connectivity index (χ1n) is 6.60. The quantitative estimate of drug-likeness (QED) is 0.869. The van der Waals surface area contributed by atoms with E-state index in [0.717, 1.165) is 30.5 Å². The van der Waals surface area contributed by atoms with Crippen molar-refractivity contribution in [1.82, 2.24) is 9.97 Å². The van der Waals surface area contributed by atoms with Gasteiger partial charge in [-0.25, -0.2) is 9.97 Å². The molecule has 0 aromatic carbocycles. The van der Waals surface area contributed by atoms with Crippen LogP contribution in [0, 0.1) is 6.92 Å². The minimum absolute atomic E-state index is 0.652. The van der Waals surface area contributed by atoms with Gasteiger partial charge in [0.15, 0.2) is 0 Å². The summed E-state index contributed by atoms with van der Waals surface area (Å²) < 4.78 is 0. The van der Waals surface area contributed by atoms with Crippen LogP contribution >= 0.6 is 0 Å². The summed E-state index contributed by atoms with van der Waals surface area (Å²) in [5.41, 5.74) is 0. The highest BCUT2D eigenvalue weighted by atomic mass is 15.2. The van der Waals surface area contributed by atoms with E-state index in [1.54, 1.807) is 0 Å². The molecular weight excluding hydrogens is 212 g/mol. The number of hydrogen-bond donors (Lipinski definition) is 1. The van der Waals surface area contributed by atoms with Gasteiger partial charge in [-0.3, -0.25) is 0 Å². The average Bonchev–Trinajstić information content (AvgIpc) is 2.76. The second-order valence-corrected chi connectivity index (χ2v) is 4.59. The van der Waals surface area contributed by atoms with Crippen LogP contribution in [-0.2, 0) is 0 Å². The Hall–Kier alpha value is -1.32. The van der Waals surface area contributed by atoms with Crippen molar-refractivity contribution < 1.29 is 0 Å². The summed E-state index contributed by atoms with van der Waals surface area (Å²) in [6.07, 6.45) is 3.76. The van der Waals surface area contributed by atoms with Gasteiger partial charge in [0.25, 0.3) is 0 Å². The van der Waals surface area contributed by atoms with Crippen LogP contribution in [0.15, 0.2) is 6.07 Å². The number of nitrogens with zero attached hydrogens (tertiary/aromatic N) is 3. The van der Waals surface area contributed by atoms with Gasteiger partial charge in [-0.05, 0) is 33.1 Å². The number of anilines is 2. The van der Waals surface area contributed by atoms with E-state index in [1.165, 1.54) is 19.3 Å². The number of rotatable bonds is 4. The molecule has 0 amide bonds. The van der Waals surface area contributed by atoms with Crippen molar-refractivity contribution in [3.05, 3.63) is 11.9 Å². The summed E-state index contributed by atoms with van der Waals surface area (Å²) in [6, 6.07) is 2.73. The van der Waals surface area contributed by atoms with Crippen molar-refractivity contribution in [1.29, 1.82) is 0 Å². The number of hydrogen-bond acceptors (Lipinski definition) is 4. The number of nitrogens with one attached hydrogen (secondary N) is 1. The molecule has 1 fully saturated rings. The molecule has 1 saturated heterocycles. The molecule has 1 aromatic rings. The van der Waals surface area contributed by atoms with Crippen LogP contribution < -0.4 is 10.2 Å². The predicted molar refractivity (Wildman–Crippen MR) is 71.6 cm³/mol. The van der Waals surface area contributed by atoms with Crippen LogP contribution in [0.1, 0.15) is 38.9 Å². The molecule has 2 rings (SSSR count). The SMILES string of the molecule is CCNc1cc(N2CCCC2CC)nc(C)n1. The summed E-state index contributed by atoms with van der Waals surface area (Å²) in [4.78, 5) is 11.4. The van der Waals surface area contributed by atoms with Crippen molar-refractivity contribution >= 4 is 11.6 Å². The van der Waals surface area contributed by atoms with Crippen LogP contribution in [0.5, 0.6) is 0 Å². The van der Waals surface area contributed by atoms with Crippen LogP contribution in [0.3, 0.4) is 0 Å². The molecule has 2 heterocycles. The van der Waals surface area contributed by atoms with E-state index in [9.17, 15) is 0 Å². The molecular formula is C13H22N4. The van der Waals surface area contributed by atoms with Gasteiger partial charge in [0.2, 0.25) is 0 Å². The second-order valence-electron chi connectivity index (χ2n) is 4.59. The lowest BCUT2D eigenvalue weighted by molar-refractivity contribution is 0.639. The molecule has 4 heteroatoms. The summed E-state index contributed by atoms with van der Waals surface area (Å²) in [7, 11) is 0. The zero-order valence-electron chi connectivity index (χ0n) is 11.0. The largest absolute Gasteiger partial charge is 0.370 e. The third-order valence-electron chi connectivity index (χ3n) is 3.32. The topological polar surface area (TPSA) is 41.0 Å². The molecule has 0 spiro atoms. The second kappa shape index (κ2) is 5.34. The normalized spacial score (nSPS) is 19.7. The first-order valence-corrected chi connectivity index (χ1v) is 6.60. The van der Waals surface area contributed by atoms with E-state index >= 15 is 0 Å². The van der Waals surface area contributed by atoms with Crippen LogP contribution in [-0.4, -0.2) is 29.1 Å². The molecule has 1 aromatic heterocycles. The van der Waals surface area contributed by atoms with Crippen molar-refractivity contribution in [2.45, 2.75) is 46.1 Å². The summed E-state index contributed by atoms with van der Waals surface area (Å²) in [5.74, 6) is 2.87. The zero-order chi connectivity index (χ0) is 12.3. The highest BCUT2D eigenvalue weighted by molar-refractivity contribution is 5.50. The van der Waals surface area contributed by atoms with E-state index in [2.05, 4.69) is 40.1 Å². The van der Waals surface area contributed by atoms with Gasteiger partial charge in [-0.15, -0.1) is 0 Å². The van der Waals surface area contributed by atoms with Crippen LogP contribution in [0.2, 0.25) is 0 Å². The van der Waals surface area contributed by atoms with Gasteiger partial charge < -0.3 is 10.2 Å². The van der Waals surface area contributed by atoms with E-state index in [0.29, 0.717) is 6.04 Å². The highest BCUT2D eigenvalue weighted by Crippen LogP contribution is 2.26. The Labute approximate surface area is 103 Å². The van der Waals surface area contributed by atoms with Gasteiger partial charge >= 0.3 is 0 Å². The van der Waals surface area contributed by atoms with Crippen molar-refractivity contribution in [2.24, 2.45) is 0 Å². The molecule has 0 saturated carbocycles. The molecule has 1 unspecified atom stereocenters. The molecule has 1 atom stereocenters. The summed E-state index contributed by atoms with van der Waals surface area (Å²) >= 11 is 0. The number of aryl methyl sites for hydroxylation is 1. The Kier molecular flexibility index (Phi) is 3.82. The molecule has 1 aliphatic rings. The Morgan fingerprint density at radius 1 is 1.41 bits per heavy atom. The van der Waals surface area contributed by atoms with Crippen LogP contribution in [0.25, 0.3) is 0 Å². The Balaban J connectivity index is 2.24. The van der Waals surface area contributed by atoms with E-state index in [1.807, 2.05) is 6.92 Å². The Morgan fingerprint density at radius 3 is 2.94 bits per heavy atom. The Morgan fingerprint density at radius 2 is 2.24 bits per heavy atom. The minimum atomic E-state index is 0.652. The maximum atomic E-state index is 4.57. The molecule has 17 heavy (non-hydrogen) atoms. The molecule has 0 radical (unpaired) electrons. The molecule has 94 valence electrons. The standard InChI is InChI=1S/C13H22N4/c1-4-11-7-6-8-17(11)13-9-12(14-5-2)15-10(3)16-13/h9,11H,4-8H2,1-3H3,(H,14,15,16). The van der Waals surface area contributed by atoms with E-state index < -0.39 is 0 Å². The molecule has 1 aliphatic heterocycles. The van der Waals surface area contributed by atoms with Gasteiger partial charge in [0, 0.05) is 25.2 Å². The molecule has 0 aliphatic carbocycles. The molecule has 1 N–H and O–H groups in total. The van der Waals surface area contributed by atoms with Crippen molar-refractivity contribution in [3.8, 4) is 0 Å². The lowest BCUT2D eigenvalue weighted by atomic mass is 10.2. The third kappa shape index (κ3) is 2.68. The fraction of sp³-hybridized carbons (Fsp3) is 0.692. The average molecular weight is 234 g/mol. The smallest absolute Gasteiger partial charge is 0.134 e. The third-order valence-corrected chi connectivity index (χ3v) is 3.32. The van der Waals surface area contributed by atoms with Gasteiger partial charge in [-0.2, -0.15) is 0 Å². The van der Waals surface area contributed by atoms with Gasteiger partial charge in [0.05, 0.1) is 0 Å². The first kappa shape index (κ1) is 12.1. The maximum Gasteiger partial charge on any atom is 0.134 e. The van der Waals surface area contributed by atoms with Gasteiger partial charge in [0.1, 0.15) is 17.5 Å². The lowest BCUT2D eigenvalue weighted by Crippen LogP contribution is -2.29. The molecule has 4 nitrogen and oxygen atoms in total. The Bertz CT molecular complexity index is 378. The fourth-order valence-corrected chi connectivity index (χ4v) is 2.53. The predicted octanol–water partition coefficient (Wildman–Crippen LogP) is 2.60. The van der Waals surface area contributed by atoms with Gasteiger partial charge in [-0.1, -0.05) is 6.92 Å².